The maximum absolute atomic E-state index is 11.4. The first-order valence-corrected chi connectivity index (χ1v) is 9.33. The van der Waals surface area contributed by atoms with Crippen LogP contribution in [0.25, 0.3) is 11.7 Å². The average Bonchev–Trinajstić information content (AvgIpc) is 3.37. The molecule has 0 unspecified atom stereocenters. The van der Waals surface area contributed by atoms with Gasteiger partial charge < -0.3 is 20.1 Å². The van der Waals surface area contributed by atoms with Crippen molar-refractivity contribution in [2.75, 3.05) is 12.4 Å². The lowest BCUT2D eigenvalue weighted by atomic mass is 10.3. The fourth-order valence-electron chi connectivity index (χ4n) is 2.97. The summed E-state index contributed by atoms with van der Waals surface area (Å²) in [5.41, 5.74) is 1.40. The summed E-state index contributed by atoms with van der Waals surface area (Å²) in [5, 5.41) is 18.0. The summed E-state index contributed by atoms with van der Waals surface area (Å²) in [4.78, 5) is 29.9. The van der Waals surface area contributed by atoms with Crippen LogP contribution in [0.3, 0.4) is 0 Å². The quantitative estimate of drug-likeness (QED) is 0.371. The number of aromatic nitrogens is 6. The smallest absolute Gasteiger partial charge is 0.326 e. The molecule has 1 aliphatic carbocycles. The molecule has 5 rings (SSSR count). The number of nitrogens with zero attached hydrogens (tertiary/aromatic N) is 5. The third-order valence-corrected chi connectivity index (χ3v) is 4.58. The number of imidazole rings is 1. The molecule has 0 aliphatic heterocycles. The van der Waals surface area contributed by atoms with Gasteiger partial charge in [-0.3, -0.25) is 4.98 Å². The monoisotopic (exact) mass is 406 g/mol. The topological polar surface area (TPSA) is 146 Å². The predicted octanol–water partition coefficient (Wildman–Crippen LogP) is 0.209. The van der Waals surface area contributed by atoms with E-state index in [1.165, 1.54) is 0 Å². The highest BCUT2D eigenvalue weighted by Crippen LogP contribution is 2.22. The Kier molecular flexibility index (Phi) is 4.20. The molecule has 11 nitrogen and oxygen atoms in total. The molecule has 1 saturated carbocycles. The van der Waals surface area contributed by atoms with E-state index >= 15 is 0 Å². The van der Waals surface area contributed by atoms with Gasteiger partial charge in [-0.2, -0.15) is 19.6 Å². The van der Waals surface area contributed by atoms with E-state index in [-0.39, 0.29) is 17.6 Å². The molecule has 0 radical (unpaired) electrons. The number of ether oxygens (including phenoxy) is 1. The minimum absolute atomic E-state index is 0.231. The van der Waals surface area contributed by atoms with Crippen LogP contribution in [0.1, 0.15) is 18.5 Å². The zero-order valence-corrected chi connectivity index (χ0v) is 16.0. The molecule has 4 aromatic rings. The second kappa shape index (κ2) is 7.03. The summed E-state index contributed by atoms with van der Waals surface area (Å²) < 4.78 is 6.80. The van der Waals surface area contributed by atoms with Crippen molar-refractivity contribution in [2.45, 2.75) is 18.9 Å². The van der Waals surface area contributed by atoms with E-state index in [1.54, 1.807) is 23.9 Å². The number of methoxy groups -OCH3 is 1. The van der Waals surface area contributed by atoms with Gasteiger partial charge in [0.15, 0.2) is 5.65 Å². The molecule has 152 valence electrons. The predicted molar refractivity (Wildman–Crippen MR) is 108 cm³/mol. The van der Waals surface area contributed by atoms with Crippen LogP contribution in [0.5, 0.6) is 11.6 Å². The molecule has 1 aliphatic rings. The Hall–Kier alpha value is -4.15. The maximum atomic E-state index is 11.4. The molecule has 4 N–H and O–H groups in total. The van der Waals surface area contributed by atoms with E-state index in [0.717, 1.165) is 18.5 Å². The van der Waals surface area contributed by atoms with Crippen LogP contribution < -0.4 is 26.6 Å². The van der Waals surface area contributed by atoms with Crippen molar-refractivity contribution in [3.63, 3.8) is 0 Å². The standard InChI is InChI=1S/C19H18N8O3/c1-30-13-4-2-3-12(8-13)21-17-24-15-10(7-14-16(28)25-19(29)23-14)9-20-27(15)18(26-17)22-11-5-6-11/h2-4,7-9,11,28H,5-6H2,1H3,(H,21,22,26)(H2,23,25,29)/b10-7+. The number of aromatic hydroxyl groups is 1. The molecule has 30 heavy (non-hydrogen) atoms. The Labute approximate surface area is 168 Å². The largest absolute Gasteiger partial charge is 0.497 e. The van der Waals surface area contributed by atoms with Gasteiger partial charge in [0.2, 0.25) is 11.8 Å². The van der Waals surface area contributed by atoms with Crippen LogP contribution >= 0.6 is 0 Å². The van der Waals surface area contributed by atoms with E-state index < -0.39 is 5.69 Å². The first-order chi connectivity index (χ1) is 14.6. The van der Waals surface area contributed by atoms with E-state index in [4.69, 9.17) is 4.74 Å². The van der Waals surface area contributed by atoms with Gasteiger partial charge in [-0.25, -0.2) is 9.79 Å². The van der Waals surface area contributed by atoms with Gasteiger partial charge in [0.25, 0.3) is 5.62 Å². The molecular weight excluding hydrogens is 388 g/mol. The minimum atomic E-state index is -0.505. The van der Waals surface area contributed by atoms with Crippen LogP contribution in [0.15, 0.2) is 40.2 Å². The normalized spacial score (nSPS) is 15.1. The Bertz CT molecular complexity index is 1410. The van der Waals surface area contributed by atoms with Crippen molar-refractivity contribution in [1.29, 1.82) is 0 Å². The van der Waals surface area contributed by atoms with Crippen LogP contribution in [0.4, 0.5) is 11.6 Å². The number of benzene rings is 1. The molecule has 0 amide bonds. The number of fused-ring (bicyclic) bond motifs is 1. The molecule has 0 bridgehead atoms. The molecule has 11 heteroatoms. The molecular formula is C19H18N8O3. The number of anilines is 2. The average molecular weight is 406 g/mol. The van der Waals surface area contributed by atoms with Gasteiger partial charge in [-0.15, -0.1) is 0 Å². The fourth-order valence-corrected chi connectivity index (χ4v) is 2.97. The Morgan fingerprint density at radius 2 is 2.20 bits per heavy atom. The van der Waals surface area contributed by atoms with Gasteiger partial charge in [-0.05, 0) is 31.1 Å². The van der Waals surface area contributed by atoms with Crippen molar-refractivity contribution < 1.29 is 9.84 Å². The summed E-state index contributed by atoms with van der Waals surface area (Å²) in [5.74, 6) is 0.789. The highest BCUT2D eigenvalue weighted by atomic mass is 16.5. The Morgan fingerprint density at radius 3 is 2.93 bits per heavy atom. The van der Waals surface area contributed by atoms with Gasteiger partial charge in [-0.1, -0.05) is 6.07 Å². The first kappa shape index (κ1) is 17.9. The van der Waals surface area contributed by atoms with Gasteiger partial charge in [0, 0.05) is 17.0 Å². The van der Waals surface area contributed by atoms with Crippen LogP contribution in [0.2, 0.25) is 0 Å². The van der Waals surface area contributed by atoms with E-state index in [1.807, 2.05) is 24.3 Å². The molecule has 3 aromatic heterocycles. The first-order valence-electron chi connectivity index (χ1n) is 9.33. The fraction of sp³-hybridized carbons (Fsp3) is 0.211. The number of aromatic amines is 2. The number of hydrogen-bond donors (Lipinski definition) is 4. The zero-order valence-electron chi connectivity index (χ0n) is 16.0. The Morgan fingerprint density at radius 1 is 1.33 bits per heavy atom. The van der Waals surface area contributed by atoms with Crippen LogP contribution in [0, 0.1) is 0 Å². The van der Waals surface area contributed by atoms with Gasteiger partial charge in [0.1, 0.15) is 11.4 Å². The number of hydrogen-bond acceptors (Lipinski definition) is 8. The van der Waals surface area contributed by atoms with Crippen molar-refractivity contribution in [3.05, 3.63) is 57.5 Å². The number of H-pyrrole nitrogens is 2. The summed E-state index contributed by atoms with van der Waals surface area (Å²) in [6.07, 6.45) is 5.19. The van der Waals surface area contributed by atoms with Crippen molar-refractivity contribution in [2.24, 2.45) is 4.99 Å². The minimum Gasteiger partial charge on any atom is -0.497 e. The summed E-state index contributed by atoms with van der Waals surface area (Å²) in [7, 11) is 1.60. The van der Waals surface area contributed by atoms with Crippen molar-refractivity contribution in [3.8, 4) is 11.6 Å². The van der Waals surface area contributed by atoms with Crippen molar-refractivity contribution >= 4 is 23.4 Å². The lowest BCUT2D eigenvalue weighted by Gasteiger charge is -2.07. The molecule has 1 fully saturated rings. The number of rotatable bonds is 5. The van der Waals surface area contributed by atoms with E-state index in [0.29, 0.717) is 28.2 Å². The third-order valence-electron chi connectivity index (χ3n) is 4.58. The lowest BCUT2D eigenvalue weighted by Crippen LogP contribution is -2.24. The molecule has 0 spiro atoms. The SMILES string of the molecule is COc1cccc(Nc2nc(=NC3CC3)n3nc/c(=C\c4[nH]c(=O)[nH]c4O)c3n2)c1. The highest BCUT2D eigenvalue weighted by Gasteiger charge is 2.21. The van der Waals surface area contributed by atoms with Crippen LogP contribution in [-0.4, -0.2) is 47.8 Å². The van der Waals surface area contributed by atoms with E-state index in [9.17, 15) is 9.90 Å². The second-order valence-electron chi connectivity index (χ2n) is 6.89. The maximum Gasteiger partial charge on any atom is 0.326 e. The summed E-state index contributed by atoms with van der Waals surface area (Å²) in [6, 6.07) is 7.64. The summed E-state index contributed by atoms with van der Waals surface area (Å²) >= 11 is 0. The van der Waals surface area contributed by atoms with Gasteiger partial charge in [0.05, 0.1) is 19.3 Å². The van der Waals surface area contributed by atoms with E-state index in [2.05, 4.69) is 35.3 Å². The van der Waals surface area contributed by atoms with Crippen molar-refractivity contribution in [1.82, 2.24) is 29.5 Å². The molecule has 3 heterocycles. The highest BCUT2D eigenvalue weighted by molar-refractivity contribution is 5.60. The molecule has 1 aromatic carbocycles. The third kappa shape index (κ3) is 3.48. The summed E-state index contributed by atoms with van der Waals surface area (Å²) in [6.45, 7) is 0. The second-order valence-corrected chi connectivity index (χ2v) is 6.89. The zero-order chi connectivity index (χ0) is 20.7. The Balaban J connectivity index is 1.66. The molecule has 0 atom stereocenters. The molecule has 0 saturated heterocycles. The van der Waals surface area contributed by atoms with Gasteiger partial charge >= 0.3 is 5.69 Å². The lowest BCUT2D eigenvalue weighted by molar-refractivity contribution is 0.415. The van der Waals surface area contributed by atoms with Crippen LogP contribution in [-0.2, 0) is 0 Å². The number of nitrogens with one attached hydrogen (secondary N) is 3.